The van der Waals surface area contributed by atoms with E-state index in [1.54, 1.807) is 0 Å². The average molecular weight is 577 g/mol. The van der Waals surface area contributed by atoms with Crippen LogP contribution in [0.5, 0.6) is 0 Å². The van der Waals surface area contributed by atoms with Gasteiger partial charge in [0.2, 0.25) is 0 Å². The molecule has 0 aliphatic heterocycles. The second-order valence-electron chi connectivity index (χ2n) is 11.1. The van der Waals surface area contributed by atoms with E-state index in [2.05, 4.69) is 91.0 Å². The number of fused-ring (bicyclic) bond motifs is 6. The van der Waals surface area contributed by atoms with E-state index in [1.165, 1.54) is 16.3 Å². The van der Waals surface area contributed by atoms with Crippen molar-refractivity contribution in [3.05, 3.63) is 146 Å². The summed E-state index contributed by atoms with van der Waals surface area (Å²) in [6.45, 7) is 0. The van der Waals surface area contributed by atoms with Gasteiger partial charge in [0.1, 0.15) is 11.1 Å². The molecule has 0 N–H and O–H groups in total. The Balaban J connectivity index is 1.17. The maximum absolute atomic E-state index is 6.23. The number of furan rings is 1. The molecule has 5 nitrogen and oxygen atoms in total. The van der Waals surface area contributed by atoms with Crippen LogP contribution in [0, 0.1) is 0 Å². The largest absolute Gasteiger partial charge is 0.454 e. The van der Waals surface area contributed by atoms with Crippen LogP contribution in [0.15, 0.2) is 150 Å². The molecule has 0 spiro atoms. The van der Waals surface area contributed by atoms with Crippen molar-refractivity contribution in [3.8, 4) is 45.3 Å². The van der Waals surface area contributed by atoms with Crippen molar-refractivity contribution in [2.45, 2.75) is 0 Å². The highest BCUT2D eigenvalue weighted by Gasteiger charge is 2.16. The second kappa shape index (κ2) is 10.2. The zero-order valence-electron chi connectivity index (χ0n) is 24.1. The Hall–Kier alpha value is -6.20. The summed E-state index contributed by atoms with van der Waals surface area (Å²) in [5.74, 6) is 1.79. The van der Waals surface area contributed by atoms with Gasteiger partial charge in [0.25, 0.3) is 0 Å². The number of hydrogen-bond acceptors (Lipinski definition) is 5. The predicted molar refractivity (Wildman–Crippen MR) is 182 cm³/mol. The molecule has 0 aliphatic rings. The standard InChI is InChI=1S/C40H24N4O/c1-2-10-27(11-3-1)38-42-39(28-19-17-26(18-20-28)32-15-8-12-25-9-4-5-13-31(25)32)44-40(43-38)30-23-29-21-22-34-33-14-6-7-16-35(33)45-37(34)36(29)41-24-30/h1-24H. The summed E-state index contributed by atoms with van der Waals surface area (Å²) in [5.41, 5.74) is 7.44. The third-order valence-electron chi connectivity index (χ3n) is 8.37. The molecule has 0 aliphatic carbocycles. The van der Waals surface area contributed by atoms with Gasteiger partial charge in [-0.2, -0.15) is 0 Å². The molecule has 0 radical (unpaired) electrons. The fraction of sp³-hybridized carbons (Fsp3) is 0. The fourth-order valence-electron chi connectivity index (χ4n) is 6.13. The highest BCUT2D eigenvalue weighted by atomic mass is 16.3. The summed E-state index contributed by atoms with van der Waals surface area (Å²) in [6.07, 6.45) is 1.83. The van der Waals surface area contributed by atoms with Crippen LogP contribution in [0.3, 0.4) is 0 Å². The van der Waals surface area contributed by atoms with E-state index in [0.29, 0.717) is 17.5 Å². The van der Waals surface area contributed by atoms with E-state index in [9.17, 15) is 0 Å². The zero-order valence-corrected chi connectivity index (χ0v) is 24.1. The molecule has 210 valence electrons. The van der Waals surface area contributed by atoms with Crippen LogP contribution in [0.1, 0.15) is 0 Å². The van der Waals surface area contributed by atoms with Crippen LogP contribution in [0.4, 0.5) is 0 Å². The minimum atomic E-state index is 0.566. The molecule has 6 aromatic carbocycles. The van der Waals surface area contributed by atoms with Crippen molar-refractivity contribution in [2.24, 2.45) is 0 Å². The molecule has 3 heterocycles. The first-order chi connectivity index (χ1) is 22.3. The van der Waals surface area contributed by atoms with Crippen LogP contribution in [0.2, 0.25) is 0 Å². The Morgan fingerprint density at radius 2 is 1.07 bits per heavy atom. The van der Waals surface area contributed by atoms with Crippen molar-refractivity contribution in [1.82, 2.24) is 19.9 Å². The Labute approximate surface area is 258 Å². The minimum Gasteiger partial charge on any atom is -0.454 e. The molecule has 9 rings (SSSR count). The molecule has 9 aromatic rings. The van der Waals surface area contributed by atoms with Gasteiger partial charge >= 0.3 is 0 Å². The van der Waals surface area contributed by atoms with Crippen molar-refractivity contribution < 1.29 is 4.42 Å². The first-order valence-corrected chi connectivity index (χ1v) is 14.9. The van der Waals surface area contributed by atoms with Crippen LogP contribution < -0.4 is 0 Å². The molecule has 0 saturated heterocycles. The van der Waals surface area contributed by atoms with Gasteiger partial charge in [-0.25, -0.2) is 15.0 Å². The predicted octanol–water partition coefficient (Wildman–Crippen LogP) is 10.1. The average Bonchev–Trinajstić information content (AvgIpc) is 3.51. The number of rotatable bonds is 4. The van der Waals surface area contributed by atoms with E-state index in [0.717, 1.165) is 55.1 Å². The topological polar surface area (TPSA) is 64.7 Å². The molecule has 0 bridgehead atoms. The second-order valence-corrected chi connectivity index (χ2v) is 11.1. The van der Waals surface area contributed by atoms with Gasteiger partial charge in [0, 0.05) is 39.0 Å². The first-order valence-electron chi connectivity index (χ1n) is 14.9. The summed E-state index contributed by atoms with van der Waals surface area (Å²) < 4.78 is 6.23. The van der Waals surface area contributed by atoms with Gasteiger partial charge in [-0.1, -0.05) is 121 Å². The Bertz CT molecular complexity index is 2530. The Kier molecular flexibility index (Phi) is 5.74. The lowest BCUT2D eigenvalue weighted by Crippen LogP contribution is -2.00. The number of benzene rings is 6. The van der Waals surface area contributed by atoms with Gasteiger partial charge < -0.3 is 4.42 Å². The summed E-state index contributed by atoms with van der Waals surface area (Å²) in [4.78, 5) is 19.7. The van der Waals surface area contributed by atoms with E-state index >= 15 is 0 Å². The highest BCUT2D eigenvalue weighted by Crippen LogP contribution is 2.35. The lowest BCUT2D eigenvalue weighted by atomic mass is 9.97. The molecular formula is C40H24N4O. The molecular weight excluding hydrogens is 552 g/mol. The number of hydrogen-bond donors (Lipinski definition) is 0. The van der Waals surface area contributed by atoms with Gasteiger partial charge in [0.15, 0.2) is 23.1 Å². The zero-order chi connectivity index (χ0) is 29.7. The highest BCUT2D eigenvalue weighted by molar-refractivity contribution is 6.14. The van der Waals surface area contributed by atoms with Crippen LogP contribution in [-0.2, 0) is 0 Å². The summed E-state index contributed by atoms with van der Waals surface area (Å²) in [6, 6.07) is 47.7. The maximum Gasteiger partial charge on any atom is 0.165 e. The molecule has 45 heavy (non-hydrogen) atoms. The van der Waals surface area contributed by atoms with Gasteiger partial charge in [0.05, 0.1) is 0 Å². The molecule has 0 unspecified atom stereocenters. The number of aromatic nitrogens is 4. The summed E-state index contributed by atoms with van der Waals surface area (Å²) in [5, 5.41) is 5.55. The van der Waals surface area contributed by atoms with E-state index in [-0.39, 0.29) is 0 Å². The Morgan fingerprint density at radius 1 is 0.422 bits per heavy atom. The van der Waals surface area contributed by atoms with Crippen LogP contribution >= 0.6 is 0 Å². The van der Waals surface area contributed by atoms with Crippen molar-refractivity contribution in [2.75, 3.05) is 0 Å². The number of pyridine rings is 1. The van der Waals surface area contributed by atoms with Crippen LogP contribution in [-0.4, -0.2) is 19.9 Å². The van der Waals surface area contributed by atoms with Crippen LogP contribution in [0.25, 0.3) is 88.9 Å². The molecule has 0 fully saturated rings. The van der Waals surface area contributed by atoms with Crippen molar-refractivity contribution in [3.63, 3.8) is 0 Å². The number of para-hydroxylation sites is 1. The minimum absolute atomic E-state index is 0.566. The van der Waals surface area contributed by atoms with E-state index in [1.807, 2.05) is 54.7 Å². The lowest BCUT2D eigenvalue weighted by Gasteiger charge is -2.10. The third-order valence-corrected chi connectivity index (χ3v) is 8.37. The van der Waals surface area contributed by atoms with Gasteiger partial charge in [-0.05, 0) is 40.1 Å². The molecule has 0 saturated carbocycles. The van der Waals surface area contributed by atoms with E-state index in [4.69, 9.17) is 24.4 Å². The first kappa shape index (κ1) is 25.3. The lowest BCUT2D eigenvalue weighted by molar-refractivity contribution is 0.671. The monoisotopic (exact) mass is 576 g/mol. The molecule has 0 amide bonds. The maximum atomic E-state index is 6.23. The smallest absolute Gasteiger partial charge is 0.165 e. The summed E-state index contributed by atoms with van der Waals surface area (Å²) >= 11 is 0. The molecule has 3 aromatic heterocycles. The molecule has 5 heteroatoms. The summed E-state index contributed by atoms with van der Waals surface area (Å²) in [7, 11) is 0. The molecule has 0 atom stereocenters. The number of nitrogens with zero attached hydrogens (tertiary/aromatic N) is 4. The van der Waals surface area contributed by atoms with Gasteiger partial charge in [-0.15, -0.1) is 0 Å². The van der Waals surface area contributed by atoms with E-state index < -0.39 is 0 Å². The SMILES string of the molecule is c1ccc(-c2nc(-c3ccc(-c4cccc5ccccc45)cc3)nc(-c3cnc4c(ccc5c6ccccc6oc54)c3)n2)cc1. The quantitative estimate of drug-likeness (QED) is 0.209. The fourth-order valence-corrected chi connectivity index (χ4v) is 6.13. The van der Waals surface area contributed by atoms with Gasteiger partial charge in [-0.3, -0.25) is 4.98 Å². The third kappa shape index (κ3) is 4.33. The van der Waals surface area contributed by atoms with Crippen molar-refractivity contribution in [1.29, 1.82) is 0 Å². The normalized spacial score (nSPS) is 11.6. The van der Waals surface area contributed by atoms with Crippen molar-refractivity contribution >= 4 is 43.6 Å². The Morgan fingerprint density at radius 3 is 1.89 bits per heavy atom.